The minimum Gasteiger partial charge on any atom is -0.489 e. The summed E-state index contributed by atoms with van der Waals surface area (Å²) >= 11 is 6.03. The number of aromatic nitrogens is 1. The first kappa shape index (κ1) is 19.1. The zero-order valence-corrected chi connectivity index (χ0v) is 15.4. The summed E-state index contributed by atoms with van der Waals surface area (Å²) in [5, 5.41) is 13.7. The third kappa shape index (κ3) is 4.95. The van der Waals surface area contributed by atoms with Crippen molar-refractivity contribution in [1.29, 1.82) is 0 Å². The van der Waals surface area contributed by atoms with Crippen LogP contribution in [0.3, 0.4) is 0 Å². The highest BCUT2D eigenvalue weighted by atomic mass is 35.5. The molecular weight excluding hydrogens is 370 g/mol. The fourth-order valence-corrected chi connectivity index (χ4v) is 3.34. The van der Waals surface area contributed by atoms with Gasteiger partial charge in [-0.2, -0.15) is 0 Å². The van der Waals surface area contributed by atoms with E-state index < -0.39 is 10.8 Å². The van der Waals surface area contributed by atoms with Gasteiger partial charge in [-0.3, -0.25) is 14.9 Å². The van der Waals surface area contributed by atoms with Crippen molar-refractivity contribution in [3.05, 3.63) is 57.2 Å². The van der Waals surface area contributed by atoms with Gasteiger partial charge < -0.3 is 10.1 Å². The average Bonchev–Trinajstić information content (AvgIpc) is 2.68. The molecule has 0 bridgehead atoms. The summed E-state index contributed by atoms with van der Waals surface area (Å²) in [4.78, 5) is 27.1. The van der Waals surface area contributed by atoms with Crippen molar-refractivity contribution in [2.24, 2.45) is 5.92 Å². The van der Waals surface area contributed by atoms with Crippen LogP contribution < -0.4 is 10.1 Å². The maximum absolute atomic E-state index is 12.6. The van der Waals surface area contributed by atoms with E-state index in [0.717, 1.165) is 18.9 Å². The predicted molar refractivity (Wildman–Crippen MR) is 102 cm³/mol. The monoisotopic (exact) mass is 389 g/mol. The molecule has 1 amide bonds. The summed E-state index contributed by atoms with van der Waals surface area (Å²) in [5.41, 5.74) is -0.200. The fourth-order valence-electron chi connectivity index (χ4n) is 3.14. The molecule has 1 aromatic carbocycles. The SMILES string of the molecule is O=C(Nc1ncccc1OCC1CCCCC1)c1cc([N+](=O)[O-])ccc1Cl. The van der Waals surface area contributed by atoms with Gasteiger partial charge in [-0.05, 0) is 37.0 Å². The zero-order chi connectivity index (χ0) is 19.2. The van der Waals surface area contributed by atoms with Gasteiger partial charge >= 0.3 is 0 Å². The smallest absolute Gasteiger partial charge is 0.270 e. The molecule has 1 aliphatic rings. The summed E-state index contributed by atoms with van der Waals surface area (Å²) in [5.74, 6) is 0.664. The highest BCUT2D eigenvalue weighted by Crippen LogP contribution is 2.28. The number of hydrogen-bond acceptors (Lipinski definition) is 5. The molecule has 0 unspecified atom stereocenters. The number of rotatable bonds is 6. The van der Waals surface area contributed by atoms with E-state index in [9.17, 15) is 14.9 Å². The van der Waals surface area contributed by atoms with Gasteiger partial charge in [0.1, 0.15) is 0 Å². The lowest BCUT2D eigenvalue weighted by atomic mass is 9.90. The van der Waals surface area contributed by atoms with Crippen molar-refractivity contribution in [2.75, 3.05) is 11.9 Å². The van der Waals surface area contributed by atoms with Gasteiger partial charge in [-0.1, -0.05) is 30.9 Å². The number of halogens is 1. The molecular formula is C19H20ClN3O4. The van der Waals surface area contributed by atoms with Crippen molar-refractivity contribution in [3.8, 4) is 5.75 Å². The number of carbonyl (C=O) groups excluding carboxylic acids is 1. The van der Waals surface area contributed by atoms with Gasteiger partial charge in [0, 0.05) is 18.3 Å². The fraction of sp³-hybridized carbons (Fsp3) is 0.368. The van der Waals surface area contributed by atoms with Crippen molar-refractivity contribution in [2.45, 2.75) is 32.1 Å². The molecule has 8 heteroatoms. The molecule has 0 spiro atoms. The number of benzene rings is 1. The predicted octanol–water partition coefficient (Wildman–Crippen LogP) is 4.85. The molecule has 0 radical (unpaired) electrons. The van der Waals surface area contributed by atoms with Gasteiger partial charge in [0.15, 0.2) is 11.6 Å². The van der Waals surface area contributed by atoms with Gasteiger partial charge in [0.05, 0.1) is 22.1 Å². The van der Waals surface area contributed by atoms with Crippen LogP contribution in [0.1, 0.15) is 42.5 Å². The van der Waals surface area contributed by atoms with Crippen molar-refractivity contribution < 1.29 is 14.5 Å². The second kappa shape index (κ2) is 8.81. The van der Waals surface area contributed by atoms with E-state index in [1.54, 1.807) is 12.1 Å². The van der Waals surface area contributed by atoms with E-state index in [-0.39, 0.29) is 22.1 Å². The van der Waals surface area contributed by atoms with Gasteiger partial charge in [0.2, 0.25) is 0 Å². The van der Waals surface area contributed by atoms with Crippen LogP contribution in [0.25, 0.3) is 0 Å². The molecule has 1 fully saturated rings. The van der Waals surface area contributed by atoms with Crippen molar-refractivity contribution in [3.63, 3.8) is 0 Å². The maximum atomic E-state index is 12.6. The lowest BCUT2D eigenvalue weighted by molar-refractivity contribution is -0.384. The summed E-state index contributed by atoms with van der Waals surface area (Å²) in [7, 11) is 0. The normalized spacial score (nSPS) is 14.6. The Kier molecular flexibility index (Phi) is 6.24. The first-order valence-corrected chi connectivity index (χ1v) is 9.25. The third-order valence-corrected chi connectivity index (χ3v) is 4.94. The summed E-state index contributed by atoms with van der Waals surface area (Å²) < 4.78 is 5.89. The van der Waals surface area contributed by atoms with E-state index in [2.05, 4.69) is 10.3 Å². The number of nitrogens with one attached hydrogen (secondary N) is 1. The highest BCUT2D eigenvalue weighted by molar-refractivity contribution is 6.34. The number of carbonyl (C=O) groups is 1. The number of non-ortho nitro benzene ring substituents is 1. The molecule has 27 heavy (non-hydrogen) atoms. The van der Waals surface area contributed by atoms with E-state index in [1.807, 2.05) is 0 Å². The minimum atomic E-state index is -0.579. The Morgan fingerprint density at radius 3 is 2.81 bits per heavy atom. The minimum absolute atomic E-state index is 0.00903. The number of anilines is 1. The average molecular weight is 390 g/mol. The van der Waals surface area contributed by atoms with Crippen LogP contribution in [-0.2, 0) is 0 Å². The van der Waals surface area contributed by atoms with Gasteiger partial charge in [-0.15, -0.1) is 0 Å². The molecule has 142 valence electrons. The summed E-state index contributed by atoms with van der Waals surface area (Å²) in [6.45, 7) is 0.576. The van der Waals surface area contributed by atoms with E-state index in [4.69, 9.17) is 16.3 Å². The Bertz CT molecular complexity index is 837. The molecule has 0 saturated heterocycles. The maximum Gasteiger partial charge on any atom is 0.270 e. The van der Waals surface area contributed by atoms with Crippen molar-refractivity contribution >= 4 is 29.0 Å². The Labute approximate surface area is 161 Å². The van der Waals surface area contributed by atoms with Crippen LogP contribution in [0.2, 0.25) is 5.02 Å². The lowest BCUT2D eigenvalue weighted by Crippen LogP contribution is -2.18. The summed E-state index contributed by atoms with van der Waals surface area (Å²) in [6, 6.07) is 7.18. The first-order chi connectivity index (χ1) is 13.0. The van der Waals surface area contributed by atoms with Crippen LogP contribution in [-0.4, -0.2) is 22.4 Å². The van der Waals surface area contributed by atoms with Gasteiger partial charge in [0.25, 0.3) is 11.6 Å². The van der Waals surface area contributed by atoms with Crippen molar-refractivity contribution in [1.82, 2.24) is 4.98 Å². The number of nitrogens with zero attached hydrogens (tertiary/aromatic N) is 2. The number of nitro benzene ring substituents is 1. The second-order valence-electron chi connectivity index (χ2n) is 6.54. The molecule has 0 aliphatic heterocycles. The molecule has 7 nitrogen and oxygen atoms in total. The number of pyridine rings is 1. The summed E-state index contributed by atoms with van der Waals surface area (Å²) in [6.07, 6.45) is 7.54. The lowest BCUT2D eigenvalue weighted by Gasteiger charge is -2.22. The van der Waals surface area contributed by atoms with Gasteiger partial charge in [-0.25, -0.2) is 4.98 Å². The zero-order valence-electron chi connectivity index (χ0n) is 14.7. The van der Waals surface area contributed by atoms with Crippen LogP contribution in [0.15, 0.2) is 36.5 Å². The second-order valence-corrected chi connectivity index (χ2v) is 6.95. The molecule has 3 rings (SSSR count). The first-order valence-electron chi connectivity index (χ1n) is 8.87. The molecule has 2 aromatic rings. The molecule has 1 N–H and O–H groups in total. The number of hydrogen-bond donors (Lipinski definition) is 1. The number of amides is 1. The van der Waals surface area contributed by atoms with Crippen LogP contribution in [0.4, 0.5) is 11.5 Å². The standard InChI is InChI=1S/C19H20ClN3O4/c20-16-9-8-14(23(25)26)11-15(16)19(24)22-18-17(7-4-10-21-18)27-12-13-5-2-1-3-6-13/h4,7-11,13H,1-3,5-6,12H2,(H,21,22,24). The Balaban J connectivity index is 1.72. The quantitative estimate of drug-likeness (QED) is 0.562. The Morgan fingerprint density at radius 1 is 1.30 bits per heavy atom. The molecule has 1 heterocycles. The molecule has 1 aromatic heterocycles. The van der Waals surface area contributed by atoms with Crippen LogP contribution >= 0.6 is 11.6 Å². The molecule has 1 aliphatic carbocycles. The van der Waals surface area contributed by atoms with E-state index in [1.165, 1.54) is 37.6 Å². The highest BCUT2D eigenvalue weighted by Gasteiger charge is 2.19. The van der Waals surface area contributed by atoms with E-state index in [0.29, 0.717) is 18.3 Å². The molecule has 0 atom stereocenters. The largest absolute Gasteiger partial charge is 0.489 e. The Morgan fingerprint density at radius 2 is 2.07 bits per heavy atom. The van der Waals surface area contributed by atoms with Crippen LogP contribution in [0.5, 0.6) is 5.75 Å². The molecule has 1 saturated carbocycles. The number of nitro groups is 1. The third-order valence-electron chi connectivity index (χ3n) is 4.61. The number of ether oxygens (including phenoxy) is 1. The van der Waals surface area contributed by atoms with Crippen LogP contribution in [0, 0.1) is 16.0 Å². The van der Waals surface area contributed by atoms with E-state index >= 15 is 0 Å². The Hall–Kier alpha value is -2.67. The topological polar surface area (TPSA) is 94.4 Å².